The van der Waals surface area contributed by atoms with Gasteiger partial charge in [0.2, 0.25) is 5.91 Å². The Morgan fingerprint density at radius 1 is 0.436 bits per heavy atom. The SMILES string of the molecule is CCCCCCCCCCCCC/C=C\CCCCCCCCC(O)C(=O)NC(COC1OC(CO)C(O)C(O)C1O)C(O)C(O)CCC/C=C/CC/C=C/CC/C=C/CCCCCCCCCCCCCCCCCCC. The molecule has 0 radical (unpaired) electrons. The van der Waals surface area contributed by atoms with Crippen molar-refractivity contribution in [1.29, 1.82) is 0 Å². The molecule has 0 saturated carbocycles. The fourth-order valence-electron chi connectivity index (χ4n) is 10.5. The van der Waals surface area contributed by atoms with Crippen LogP contribution in [0.15, 0.2) is 48.6 Å². The largest absolute Gasteiger partial charge is 0.394 e. The topological polar surface area (TPSA) is 189 Å². The number of carbonyl (C=O) groups is 1. The lowest BCUT2D eigenvalue weighted by atomic mass is 9.98. The van der Waals surface area contributed by atoms with Crippen LogP contribution in [0.4, 0.5) is 0 Å². The number of unbranched alkanes of at least 4 members (excludes halogenated alkanes) is 37. The van der Waals surface area contributed by atoms with Gasteiger partial charge in [0, 0.05) is 0 Å². The van der Waals surface area contributed by atoms with Crippen molar-refractivity contribution < 1.29 is 50.0 Å². The summed E-state index contributed by atoms with van der Waals surface area (Å²) < 4.78 is 11.2. The molecule has 8 N–H and O–H groups in total. The summed E-state index contributed by atoms with van der Waals surface area (Å²) in [5.41, 5.74) is 0. The minimum absolute atomic E-state index is 0.239. The summed E-state index contributed by atoms with van der Waals surface area (Å²) >= 11 is 0. The first kappa shape index (κ1) is 74.1. The zero-order chi connectivity index (χ0) is 56.8. The van der Waals surface area contributed by atoms with Gasteiger partial charge in [-0.2, -0.15) is 0 Å². The third kappa shape index (κ3) is 42.8. The Balaban J connectivity index is 2.28. The van der Waals surface area contributed by atoms with Crippen LogP contribution in [0.1, 0.15) is 303 Å². The number of ether oxygens (including phenoxy) is 2. The quantitative estimate of drug-likeness (QED) is 0.0215. The molecule has 11 heteroatoms. The van der Waals surface area contributed by atoms with Crippen molar-refractivity contribution >= 4 is 5.91 Å². The highest BCUT2D eigenvalue weighted by molar-refractivity contribution is 5.80. The molecule has 0 aromatic carbocycles. The summed E-state index contributed by atoms with van der Waals surface area (Å²) in [4.78, 5) is 13.2. The Hall–Kier alpha value is -1.93. The molecule has 78 heavy (non-hydrogen) atoms. The Bertz CT molecular complexity index is 1410. The maximum atomic E-state index is 13.2. The van der Waals surface area contributed by atoms with Gasteiger partial charge in [-0.1, -0.05) is 262 Å². The van der Waals surface area contributed by atoms with Crippen molar-refractivity contribution in [2.45, 2.75) is 358 Å². The van der Waals surface area contributed by atoms with E-state index in [1.54, 1.807) is 0 Å². The molecule has 458 valence electrons. The highest BCUT2D eigenvalue weighted by Crippen LogP contribution is 2.23. The maximum Gasteiger partial charge on any atom is 0.249 e. The molecule has 1 saturated heterocycles. The summed E-state index contributed by atoms with van der Waals surface area (Å²) in [6.45, 7) is 3.47. The van der Waals surface area contributed by atoms with Crippen LogP contribution < -0.4 is 5.32 Å². The van der Waals surface area contributed by atoms with Crippen molar-refractivity contribution in [3.63, 3.8) is 0 Å². The summed E-state index contributed by atoms with van der Waals surface area (Å²) in [7, 11) is 0. The van der Waals surface area contributed by atoms with E-state index >= 15 is 0 Å². The first-order valence-electron chi connectivity index (χ1n) is 33.0. The van der Waals surface area contributed by atoms with E-state index in [1.165, 1.54) is 193 Å². The molecule has 9 atom stereocenters. The molecule has 1 aliphatic heterocycles. The monoisotopic (exact) mass is 1100 g/mol. The second-order valence-electron chi connectivity index (χ2n) is 23.2. The molecule has 0 aromatic rings. The standard InChI is InChI=1S/C67H125NO10/c1-3-5-7-9-11-13-15-17-19-21-23-25-26-27-28-29-30-31-32-33-35-36-38-40-42-44-46-48-50-52-54-59(70)62(72)58(57-77-67-65(75)64(74)63(73)61(56-69)78-67)68-66(76)60(71)55-53-51-49-47-45-43-41-39-37-34-24-22-20-18-16-14-12-10-8-6-4-2/h32-33,37-40,46,48,58-65,67,69-75H,3-31,34-36,41-45,47,49-57H2,1-2H3,(H,68,76)/b33-32+,39-37-,40-38+,48-46+. The van der Waals surface area contributed by atoms with Gasteiger partial charge in [0.25, 0.3) is 0 Å². The van der Waals surface area contributed by atoms with E-state index in [9.17, 15) is 40.5 Å². The van der Waals surface area contributed by atoms with Gasteiger partial charge < -0.3 is 50.5 Å². The van der Waals surface area contributed by atoms with E-state index in [1.807, 2.05) is 0 Å². The van der Waals surface area contributed by atoms with Crippen LogP contribution in [0, 0.1) is 0 Å². The predicted molar refractivity (Wildman–Crippen MR) is 325 cm³/mol. The molecule has 1 heterocycles. The predicted octanol–water partition coefficient (Wildman–Crippen LogP) is 15.2. The number of aliphatic hydroxyl groups is 7. The van der Waals surface area contributed by atoms with Gasteiger partial charge in [-0.15, -0.1) is 0 Å². The van der Waals surface area contributed by atoms with Crippen molar-refractivity contribution in [3.8, 4) is 0 Å². The minimum atomic E-state index is -1.68. The molecule has 1 aliphatic rings. The Morgan fingerprint density at radius 2 is 0.769 bits per heavy atom. The van der Waals surface area contributed by atoms with Gasteiger partial charge in [0.15, 0.2) is 6.29 Å². The first-order chi connectivity index (χ1) is 38.2. The fraction of sp³-hybridized carbons (Fsp3) is 0.866. The number of hydrogen-bond acceptors (Lipinski definition) is 10. The van der Waals surface area contributed by atoms with Gasteiger partial charge in [-0.05, 0) is 89.9 Å². The maximum absolute atomic E-state index is 13.2. The zero-order valence-electron chi connectivity index (χ0n) is 50.4. The van der Waals surface area contributed by atoms with Crippen LogP contribution in [-0.4, -0.2) is 110 Å². The van der Waals surface area contributed by atoms with Crippen molar-refractivity contribution in [1.82, 2.24) is 5.32 Å². The smallest absolute Gasteiger partial charge is 0.249 e. The number of hydrogen-bond donors (Lipinski definition) is 8. The molecular weight excluding hydrogens is 979 g/mol. The average molecular weight is 1100 g/mol. The second kappa shape index (κ2) is 55.6. The van der Waals surface area contributed by atoms with E-state index in [4.69, 9.17) is 9.47 Å². The number of nitrogens with one attached hydrogen (secondary N) is 1. The van der Waals surface area contributed by atoms with Crippen molar-refractivity contribution in [2.75, 3.05) is 13.2 Å². The number of allylic oxidation sites excluding steroid dienone is 8. The van der Waals surface area contributed by atoms with Gasteiger partial charge >= 0.3 is 0 Å². The molecular formula is C67H125NO10. The van der Waals surface area contributed by atoms with E-state index in [0.717, 1.165) is 64.2 Å². The summed E-state index contributed by atoms with van der Waals surface area (Å²) in [5.74, 6) is -0.715. The highest BCUT2D eigenvalue weighted by Gasteiger charge is 2.44. The second-order valence-corrected chi connectivity index (χ2v) is 23.2. The first-order valence-corrected chi connectivity index (χ1v) is 33.0. The Labute approximate surface area is 479 Å². The van der Waals surface area contributed by atoms with Gasteiger partial charge in [0.05, 0.1) is 25.4 Å². The molecule has 0 aromatic heterocycles. The minimum Gasteiger partial charge on any atom is -0.394 e. The summed E-state index contributed by atoms with van der Waals surface area (Å²) in [5, 5.41) is 76.3. The van der Waals surface area contributed by atoms with Crippen molar-refractivity contribution in [2.24, 2.45) is 0 Å². The van der Waals surface area contributed by atoms with Gasteiger partial charge in [0.1, 0.15) is 36.6 Å². The molecule has 0 bridgehead atoms. The Morgan fingerprint density at radius 3 is 1.14 bits per heavy atom. The van der Waals surface area contributed by atoms with Crippen LogP contribution >= 0.6 is 0 Å². The summed E-state index contributed by atoms with van der Waals surface area (Å²) in [6.07, 6.45) is 60.4. The van der Waals surface area contributed by atoms with Gasteiger partial charge in [-0.3, -0.25) is 4.79 Å². The molecule has 0 aliphatic carbocycles. The number of rotatable bonds is 57. The summed E-state index contributed by atoms with van der Waals surface area (Å²) in [6, 6.07) is -1.20. The van der Waals surface area contributed by atoms with E-state index < -0.39 is 74.2 Å². The molecule has 0 spiro atoms. The van der Waals surface area contributed by atoms with Crippen LogP contribution in [0.3, 0.4) is 0 Å². The van der Waals surface area contributed by atoms with Gasteiger partial charge in [-0.25, -0.2) is 0 Å². The zero-order valence-corrected chi connectivity index (χ0v) is 50.4. The lowest BCUT2D eigenvalue weighted by Crippen LogP contribution is -2.60. The lowest BCUT2D eigenvalue weighted by Gasteiger charge is -2.40. The molecule has 1 fully saturated rings. The third-order valence-electron chi connectivity index (χ3n) is 15.8. The van der Waals surface area contributed by atoms with Crippen LogP contribution in [0.25, 0.3) is 0 Å². The van der Waals surface area contributed by atoms with Crippen LogP contribution in [-0.2, 0) is 14.3 Å². The molecule has 9 unspecified atom stereocenters. The van der Waals surface area contributed by atoms with Crippen LogP contribution in [0.5, 0.6) is 0 Å². The third-order valence-corrected chi connectivity index (χ3v) is 15.8. The fourth-order valence-corrected chi connectivity index (χ4v) is 10.5. The van der Waals surface area contributed by atoms with E-state index in [2.05, 4.69) is 67.8 Å². The normalized spacial score (nSPS) is 19.7. The molecule has 1 amide bonds. The number of carbonyl (C=O) groups excluding carboxylic acids is 1. The van der Waals surface area contributed by atoms with Crippen LogP contribution in [0.2, 0.25) is 0 Å². The highest BCUT2D eigenvalue weighted by atomic mass is 16.7. The Kier molecular flexibility index (Phi) is 52.8. The van der Waals surface area contributed by atoms with E-state index in [0.29, 0.717) is 19.3 Å². The van der Waals surface area contributed by atoms with E-state index in [-0.39, 0.29) is 12.8 Å². The number of amides is 1. The molecule has 11 nitrogen and oxygen atoms in total. The van der Waals surface area contributed by atoms with Crippen molar-refractivity contribution in [3.05, 3.63) is 48.6 Å². The molecule has 1 rings (SSSR count). The number of aliphatic hydroxyl groups excluding tert-OH is 7. The average Bonchev–Trinajstić information content (AvgIpc) is 3.46. The lowest BCUT2D eigenvalue weighted by molar-refractivity contribution is -0.303.